The van der Waals surface area contributed by atoms with E-state index in [2.05, 4.69) is 27.7 Å². The third-order valence-corrected chi connectivity index (χ3v) is 4.09. The maximum absolute atomic E-state index is 6.22. The van der Waals surface area contributed by atoms with Crippen LogP contribution in [0.4, 0.5) is 0 Å². The minimum absolute atomic E-state index is 0.627. The third kappa shape index (κ3) is 2.13. The van der Waals surface area contributed by atoms with Gasteiger partial charge in [0.1, 0.15) is 5.82 Å². The molecule has 0 bridgehead atoms. The monoisotopic (exact) mass is 263 g/mol. The predicted molar refractivity (Wildman–Crippen MR) is 74.2 cm³/mol. The van der Waals surface area contributed by atoms with Crippen LogP contribution >= 0.6 is 11.6 Å². The van der Waals surface area contributed by atoms with Gasteiger partial charge in [0, 0.05) is 12.1 Å². The van der Waals surface area contributed by atoms with Crippen molar-refractivity contribution in [3.63, 3.8) is 0 Å². The number of fused-ring (bicyclic) bond motifs is 1. The van der Waals surface area contributed by atoms with Gasteiger partial charge in [0.15, 0.2) is 5.15 Å². The highest BCUT2D eigenvalue weighted by Crippen LogP contribution is 2.24. The number of nitrogens with one attached hydrogen (secondary N) is 1. The normalized spacial score (nSPS) is 17.4. The van der Waals surface area contributed by atoms with Crippen molar-refractivity contribution >= 4 is 17.1 Å². The van der Waals surface area contributed by atoms with Crippen molar-refractivity contribution in [2.75, 3.05) is 13.1 Å². The van der Waals surface area contributed by atoms with Crippen molar-refractivity contribution in [3.8, 4) is 0 Å². The van der Waals surface area contributed by atoms with Crippen LogP contribution in [0.5, 0.6) is 0 Å². The van der Waals surface area contributed by atoms with Gasteiger partial charge in [0.05, 0.1) is 5.52 Å². The number of nitrogens with zero attached hydrogens (tertiary/aromatic N) is 2. The summed E-state index contributed by atoms with van der Waals surface area (Å²) in [5.74, 6) is 1.84. The SMILES string of the molecule is Cc1cccc2c(Cl)nc(CC3CCNCC3)n12. The summed E-state index contributed by atoms with van der Waals surface area (Å²) in [6.07, 6.45) is 3.50. The zero-order chi connectivity index (χ0) is 12.5. The molecule has 0 aromatic carbocycles. The molecule has 0 amide bonds. The van der Waals surface area contributed by atoms with Gasteiger partial charge in [0.2, 0.25) is 0 Å². The smallest absolute Gasteiger partial charge is 0.155 e. The number of rotatable bonds is 2. The molecular weight excluding hydrogens is 246 g/mol. The van der Waals surface area contributed by atoms with Crippen molar-refractivity contribution in [2.45, 2.75) is 26.2 Å². The first-order valence-corrected chi connectivity index (χ1v) is 6.96. The van der Waals surface area contributed by atoms with E-state index in [1.54, 1.807) is 0 Å². The molecule has 1 fully saturated rings. The van der Waals surface area contributed by atoms with Crippen molar-refractivity contribution < 1.29 is 0 Å². The quantitative estimate of drug-likeness (QED) is 0.903. The Balaban J connectivity index is 1.96. The molecular formula is C14H18ClN3. The average molecular weight is 264 g/mol. The highest BCUT2D eigenvalue weighted by atomic mass is 35.5. The number of imidazole rings is 1. The van der Waals surface area contributed by atoms with E-state index in [1.807, 2.05) is 12.1 Å². The van der Waals surface area contributed by atoms with E-state index in [4.69, 9.17) is 11.6 Å². The first-order valence-electron chi connectivity index (χ1n) is 6.59. The minimum atomic E-state index is 0.627. The lowest BCUT2D eigenvalue weighted by atomic mass is 9.94. The molecule has 2 aromatic rings. The molecule has 0 aliphatic carbocycles. The van der Waals surface area contributed by atoms with Gasteiger partial charge in [-0.05, 0) is 50.9 Å². The lowest BCUT2D eigenvalue weighted by Crippen LogP contribution is -2.29. The molecule has 0 saturated carbocycles. The highest BCUT2D eigenvalue weighted by Gasteiger charge is 2.18. The molecule has 1 aliphatic rings. The van der Waals surface area contributed by atoms with E-state index in [-0.39, 0.29) is 0 Å². The molecule has 96 valence electrons. The third-order valence-electron chi connectivity index (χ3n) is 3.81. The van der Waals surface area contributed by atoms with Crippen molar-refractivity contribution in [1.29, 1.82) is 0 Å². The zero-order valence-corrected chi connectivity index (χ0v) is 11.4. The summed E-state index contributed by atoms with van der Waals surface area (Å²) in [5, 5.41) is 4.03. The Morgan fingerprint density at radius 3 is 2.94 bits per heavy atom. The van der Waals surface area contributed by atoms with E-state index in [0.29, 0.717) is 5.15 Å². The standard InChI is InChI=1S/C14H18ClN3/c1-10-3-2-4-12-14(15)17-13(18(10)12)9-11-5-7-16-8-6-11/h2-4,11,16H,5-9H2,1H3. The van der Waals surface area contributed by atoms with Crippen LogP contribution in [0.2, 0.25) is 5.15 Å². The van der Waals surface area contributed by atoms with Crippen LogP contribution in [0.1, 0.15) is 24.4 Å². The van der Waals surface area contributed by atoms with Crippen LogP contribution in [-0.2, 0) is 6.42 Å². The molecule has 3 rings (SSSR count). The molecule has 1 saturated heterocycles. The maximum atomic E-state index is 6.22. The second kappa shape index (κ2) is 4.90. The van der Waals surface area contributed by atoms with Crippen LogP contribution in [0.15, 0.2) is 18.2 Å². The molecule has 1 aliphatic heterocycles. The van der Waals surface area contributed by atoms with Crippen LogP contribution in [-0.4, -0.2) is 22.5 Å². The summed E-state index contributed by atoms with van der Waals surface area (Å²) in [6, 6.07) is 6.18. The van der Waals surface area contributed by atoms with E-state index in [1.165, 1.54) is 18.5 Å². The Kier molecular flexibility index (Phi) is 3.27. The van der Waals surface area contributed by atoms with E-state index >= 15 is 0 Å². The predicted octanol–water partition coefficient (Wildman–Crippen LogP) is 2.84. The van der Waals surface area contributed by atoms with E-state index in [0.717, 1.165) is 36.8 Å². The fourth-order valence-electron chi connectivity index (χ4n) is 2.82. The Labute approximate surface area is 112 Å². The number of aromatic nitrogens is 2. The zero-order valence-electron chi connectivity index (χ0n) is 10.6. The van der Waals surface area contributed by atoms with Crippen LogP contribution in [0.3, 0.4) is 0 Å². The number of pyridine rings is 1. The number of hydrogen-bond acceptors (Lipinski definition) is 2. The van der Waals surface area contributed by atoms with Gasteiger partial charge in [-0.25, -0.2) is 4.98 Å². The molecule has 4 heteroatoms. The first kappa shape index (κ1) is 12.0. The molecule has 18 heavy (non-hydrogen) atoms. The van der Waals surface area contributed by atoms with Crippen molar-refractivity contribution in [2.24, 2.45) is 5.92 Å². The lowest BCUT2D eigenvalue weighted by Gasteiger charge is -2.22. The summed E-state index contributed by atoms with van der Waals surface area (Å²) in [5.41, 5.74) is 2.23. The molecule has 1 N–H and O–H groups in total. The second-order valence-electron chi connectivity index (χ2n) is 5.10. The molecule has 0 unspecified atom stereocenters. The number of hydrogen-bond donors (Lipinski definition) is 1. The van der Waals surface area contributed by atoms with Gasteiger partial charge in [0.25, 0.3) is 0 Å². The van der Waals surface area contributed by atoms with Gasteiger partial charge >= 0.3 is 0 Å². The van der Waals surface area contributed by atoms with Crippen LogP contribution in [0.25, 0.3) is 5.52 Å². The van der Waals surface area contributed by atoms with Gasteiger partial charge in [-0.3, -0.25) is 4.40 Å². The summed E-state index contributed by atoms with van der Waals surface area (Å²) >= 11 is 6.22. The Bertz CT molecular complexity index is 555. The molecule has 0 atom stereocenters. The molecule has 3 nitrogen and oxygen atoms in total. The fraction of sp³-hybridized carbons (Fsp3) is 0.500. The van der Waals surface area contributed by atoms with E-state index in [9.17, 15) is 0 Å². The second-order valence-corrected chi connectivity index (χ2v) is 5.46. The molecule has 3 heterocycles. The fourth-order valence-corrected chi connectivity index (χ4v) is 3.07. The summed E-state index contributed by atoms with van der Waals surface area (Å²) < 4.78 is 2.20. The average Bonchev–Trinajstić information content (AvgIpc) is 2.69. The maximum Gasteiger partial charge on any atom is 0.155 e. The van der Waals surface area contributed by atoms with Crippen LogP contribution in [0, 0.1) is 12.8 Å². The summed E-state index contributed by atoms with van der Waals surface area (Å²) in [4.78, 5) is 4.55. The number of halogens is 1. The summed E-state index contributed by atoms with van der Waals surface area (Å²) in [7, 11) is 0. The summed E-state index contributed by atoms with van der Waals surface area (Å²) in [6.45, 7) is 4.36. The van der Waals surface area contributed by atoms with Gasteiger partial charge in [-0.15, -0.1) is 0 Å². The Hall–Kier alpha value is -1.06. The van der Waals surface area contributed by atoms with Crippen LogP contribution < -0.4 is 5.32 Å². The molecule has 0 spiro atoms. The lowest BCUT2D eigenvalue weighted by molar-refractivity contribution is 0.366. The van der Waals surface area contributed by atoms with Gasteiger partial charge in [-0.1, -0.05) is 17.7 Å². The minimum Gasteiger partial charge on any atom is -0.317 e. The molecule has 0 radical (unpaired) electrons. The first-order chi connectivity index (χ1) is 8.75. The number of aryl methyl sites for hydroxylation is 1. The highest BCUT2D eigenvalue weighted by molar-refractivity contribution is 6.32. The van der Waals surface area contributed by atoms with Crippen molar-refractivity contribution in [1.82, 2.24) is 14.7 Å². The topological polar surface area (TPSA) is 29.3 Å². The van der Waals surface area contributed by atoms with Crippen molar-refractivity contribution in [3.05, 3.63) is 34.9 Å². The molecule has 2 aromatic heterocycles. The van der Waals surface area contributed by atoms with Gasteiger partial charge in [-0.2, -0.15) is 0 Å². The Morgan fingerprint density at radius 2 is 2.17 bits per heavy atom. The van der Waals surface area contributed by atoms with Gasteiger partial charge < -0.3 is 5.32 Å². The van der Waals surface area contributed by atoms with E-state index < -0.39 is 0 Å². The largest absolute Gasteiger partial charge is 0.317 e. The Morgan fingerprint density at radius 1 is 1.39 bits per heavy atom. The number of piperidine rings is 1.